The van der Waals surface area contributed by atoms with E-state index in [1.54, 1.807) is 30.3 Å². The zero-order chi connectivity index (χ0) is 25.4. The van der Waals surface area contributed by atoms with Crippen molar-refractivity contribution < 1.29 is 41.8 Å². The molecule has 0 saturated heterocycles. The molecule has 34 heavy (non-hydrogen) atoms. The Morgan fingerprint density at radius 3 is 2.03 bits per heavy atom. The maximum Gasteiger partial charge on any atom is 0.408 e. The molecule has 0 aromatic heterocycles. The number of carboxylic acid groups (broad SMARTS) is 1. The van der Waals surface area contributed by atoms with Gasteiger partial charge in [-0.25, -0.2) is 9.59 Å². The summed E-state index contributed by atoms with van der Waals surface area (Å²) in [4.78, 5) is 24.1. The summed E-state index contributed by atoms with van der Waals surface area (Å²) in [5.74, 6) is -1.34. The lowest BCUT2D eigenvalue weighted by Gasteiger charge is -2.27. The number of rotatable bonds is 12. The van der Waals surface area contributed by atoms with Gasteiger partial charge in [0.15, 0.2) is 0 Å². The van der Waals surface area contributed by atoms with Crippen LogP contribution in [0.5, 0.6) is 0 Å². The van der Waals surface area contributed by atoms with Gasteiger partial charge in [0.1, 0.15) is 12.1 Å². The van der Waals surface area contributed by atoms with Gasteiger partial charge in [-0.1, -0.05) is 54.6 Å². The smallest absolute Gasteiger partial charge is 0.408 e. The third-order valence-corrected chi connectivity index (χ3v) is 7.01. The van der Waals surface area contributed by atoms with Crippen molar-refractivity contribution in [2.45, 2.75) is 45.0 Å². The van der Waals surface area contributed by atoms with Crippen molar-refractivity contribution >= 4 is 19.7 Å². The number of benzene rings is 2. The van der Waals surface area contributed by atoms with Crippen LogP contribution in [0.1, 0.15) is 37.5 Å². The molecule has 186 valence electrons. The maximum atomic E-state index is 14.9. The minimum Gasteiger partial charge on any atom is -0.480 e. The zero-order valence-corrected chi connectivity index (χ0v) is 20.0. The molecule has 0 aliphatic heterocycles. The van der Waals surface area contributed by atoms with Gasteiger partial charge in [0.2, 0.25) is 0 Å². The molecule has 2 aromatic rings. The first-order valence-corrected chi connectivity index (χ1v) is 12.1. The van der Waals surface area contributed by atoms with Crippen molar-refractivity contribution in [1.29, 1.82) is 0 Å². The van der Waals surface area contributed by atoms with Crippen LogP contribution in [0.4, 0.5) is 13.6 Å². The molecule has 0 fully saturated rings. The van der Waals surface area contributed by atoms with Crippen molar-refractivity contribution in [3.05, 3.63) is 71.3 Å². The number of hydrogen-bond acceptors (Lipinski definition) is 6. The van der Waals surface area contributed by atoms with E-state index in [4.69, 9.17) is 13.8 Å². The van der Waals surface area contributed by atoms with Gasteiger partial charge in [-0.2, -0.15) is 8.78 Å². The van der Waals surface area contributed by atoms with E-state index in [-0.39, 0.29) is 26.2 Å². The fraction of sp³-hybridized carbons (Fsp3) is 0.391. The standard InChI is InChI=1S/C23H28F2NO7P/c1-4-32-34(30,33-5-2)23(24,25)19-13-11-17(12-14-19)15-22(3,20(27)28)26-21(29)31-16-18-9-7-6-8-10-18/h6-14H,4-5,15-16H2,1-3H3,(H,26,29)(H,27,28). The maximum absolute atomic E-state index is 14.9. The van der Waals surface area contributed by atoms with E-state index in [1.807, 2.05) is 0 Å². The average molecular weight is 499 g/mol. The van der Waals surface area contributed by atoms with Crippen molar-refractivity contribution in [3.63, 3.8) is 0 Å². The summed E-state index contributed by atoms with van der Waals surface area (Å²) >= 11 is 0. The molecule has 0 radical (unpaired) electrons. The number of carbonyl (C=O) groups is 2. The van der Waals surface area contributed by atoms with Gasteiger partial charge < -0.3 is 24.2 Å². The van der Waals surface area contributed by atoms with Crippen LogP contribution in [0.3, 0.4) is 0 Å². The summed E-state index contributed by atoms with van der Waals surface area (Å²) in [6, 6.07) is 13.4. The first kappa shape index (κ1) is 27.4. The molecule has 0 heterocycles. The number of halogens is 2. The summed E-state index contributed by atoms with van der Waals surface area (Å²) in [5, 5.41) is 12.0. The monoisotopic (exact) mass is 499 g/mol. The second kappa shape index (κ2) is 11.6. The van der Waals surface area contributed by atoms with E-state index in [2.05, 4.69) is 5.32 Å². The van der Waals surface area contributed by atoms with Gasteiger partial charge in [-0.05, 0) is 31.9 Å². The number of aliphatic carboxylic acids is 1. The predicted molar refractivity (Wildman–Crippen MR) is 121 cm³/mol. The van der Waals surface area contributed by atoms with Crippen molar-refractivity contribution in [2.24, 2.45) is 0 Å². The van der Waals surface area contributed by atoms with Crippen LogP contribution < -0.4 is 5.32 Å². The van der Waals surface area contributed by atoms with E-state index in [0.717, 1.165) is 17.7 Å². The van der Waals surface area contributed by atoms with Crippen LogP contribution in [0.25, 0.3) is 0 Å². The molecule has 0 aliphatic rings. The summed E-state index contributed by atoms with van der Waals surface area (Å²) in [5.41, 5.74) is -5.22. The zero-order valence-electron chi connectivity index (χ0n) is 19.1. The minimum absolute atomic E-state index is 0.0497. The largest absolute Gasteiger partial charge is 0.480 e. The van der Waals surface area contributed by atoms with Crippen LogP contribution in [0.2, 0.25) is 0 Å². The van der Waals surface area contributed by atoms with E-state index in [1.165, 1.54) is 32.9 Å². The van der Waals surface area contributed by atoms with Crippen molar-refractivity contribution in [3.8, 4) is 0 Å². The van der Waals surface area contributed by atoms with E-state index < -0.39 is 36.4 Å². The van der Waals surface area contributed by atoms with Gasteiger partial charge in [0.25, 0.3) is 0 Å². The number of carboxylic acids is 1. The highest BCUT2D eigenvalue weighted by atomic mass is 31.2. The molecule has 0 aliphatic carbocycles. The Bertz CT molecular complexity index is 1010. The average Bonchev–Trinajstić information content (AvgIpc) is 2.79. The van der Waals surface area contributed by atoms with E-state index in [0.29, 0.717) is 5.56 Å². The van der Waals surface area contributed by atoms with Crippen LogP contribution in [-0.2, 0) is 41.8 Å². The molecule has 11 heteroatoms. The molecule has 2 N–H and O–H groups in total. The van der Waals surface area contributed by atoms with Gasteiger partial charge in [-0.3, -0.25) is 4.57 Å². The van der Waals surface area contributed by atoms with Gasteiger partial charge >= 0.3 is 25.3 Å². The molecule has 0 bridgehead atoms. The Morgan fingerprint density at radius 2 is 1.53 bits per heavy atom. The number of alkyl halides is 2. The van der Waals surface area contributed by atoms with Gasteiger partial charge in [-0.15, -0.1) is 0 Å². The first-order chi connectivity index (χ1) is 16.0. The van der Waals surface area contributed by atoms with E-state index >= 15 is 0 Å². The Labute approximate surface area is 196 Å². The second-order valence-corrected chi connectivity index (χ2v) is 9.64. The highest BCUT2D eigenvalue weighted by Gasteiger charge is 2.54. The molecule has 1 unspecified atom stereocenters. The second-order valence-electron chi connectivity index (χ2n) is 7.57. The highest BCUT2D eigenvalue weighted by molar-refractivity contribution is 7.54. The topological polar surface area (TPSA) is 111 Å². The fourth-order valence-corrected chi connectivity index (χ4v) is 4.63. The van der Waals surface area contributed by atoms with Crippen molar-refractivity contribution in [2.75, 3.05) is 13.2 Å². The third-order valence-electron chi connectivity index (χ3n) is 4.86. The number of amides is 1. The first-order valence-electron chi connectivity index (χ1n) is 10.6. The lowest BCUT2D eigenvalue weighted by Crippen LogP contribution is -2.53. The minimum atomic E-state index is -4.77. The predicted octanol–water partition coefficient (Wildman–Crippen LogP) is 5.31. The normalized spacial score (nSPS) is 13.7. The number of carbonyl (C=O) groups excluding carboxylic acids is 1. The molecule has 2 aromatic carbocycles. The molecule has 2 rings (SSSR count). The summed E-state index contributed by atoms with van der Waals surface area (Å²) in [6.07, 6.45) is -1.16. The Hall–Kier alpha value is -2.81. The molecule has 1 amide bonds. The highest BCUT2D eigenvalue weighted by Crippen LogP contribution is 2.66. The van der Waals surface area contributed by atoms with Crippen molar-refractivity contribution in [1.82, 2.24) is 5.32 Å². The lowest BCUT2D eigenvalue weighted by atomic mass is 9.92. The van der Waals surface area contributed by atoms with E-state index in [9.17, 15) is 28.0 Å². The van der Waals surface area contributed by atoms with Crippen LogP contribution >= 0.6 is 7.60 Å². The summed E-state index contributed by atoms with van der Waals surface area (Å²) in [6.45, 7) is 3.62. The Morgan fingerprint density at radius 1 is 0.971 bits per heavy atom. The van der Waals surface area contributed by atoms with Gasteiger partial charge in [0.05, 0.1) is 13.2 Å². The fourth-order valence-electron chi connectivity index (χ4n) is 3.09. The Kier molecular flexibility index (Phi) is 9.32. The van der Waals surface area contributed by atoms with Crippen LogP contribution in [0.15, 0.2) is 54.6 Å². The summed E-state index contributed by atoms with van der Waals surface area (Å²) in [7, 11) is -4.77. The lowest BCUT2D eigenvalue weighted by molar-refractivity contribution is -0.143. The van der Waals surface area contributed by atoms with Gasteiger partial charge in [0, 0.05) is 12.0 Å². The molecule has 0 spiro atoms. The number of alkyl carbamates (subject to hydrolysis) is 1. The number of hydrogen-bond donors (Lipinski definition) is 2. The number of ether oxygens (including phenoxy) is 1. The molecular weight excluding hydrogens is 471 g/mol. The Balaban J connectivity index is 2.14. The molecule has 8 nitrogen and oxygen atoms in total. The van der Waals surface area contributed by atoms with Crippen LogP contribution in [0, 0.1) is 0 Å². The molecular formula is C23H28F2NO7P. The molecule has 0 saturated carbocycles. The summed E-state index contributed by atoms with van der Waals surface area (Å²) < 4.78 is 57.0. The third kappa shape index (κ3) is 6.62. The molecule has 1 atom stereocenters. The van der Waals surface area contributed by atoms with Crippen LogP contribution in [-0.4, -0.2) is 35.9 Å². The SMILES string of the molecule is CCOP(=O)(OCC)C(F)(F)c1ccc(CC(C)(NC(=O)OCc2ccccc2)C(=O)O)cc1. The number of nitrogens with one attached hydrogen (secondary N) is 1. The quantitative estimate of drug-likeness (QED) is 0.381.